The second-order valence-electron chi connectivity index (χ2n) is 7.07. The molecule has 33 heavy (non-hydrogen) atoms. The van der Waals surface area contributed by atoms with Crippen LogP contribution in [-0.4, -0.2) is 31.5 Å². The van der Waals surface area contributed by atoms with Gasteiger partial charge in [-0.25, -0.2) is 4.79 Å². The number of anilines is 1. The van der Waals surface area contributed by atoms with Gasteiger partial charge in [0, 0.05) is 42.1 Å². The number of benzene rings is 2. The Morgan fingerprint density at radius 2 is 1.97 bits per heavy atom. The number of aromatic hydroxyl groups is 1. The Bertz CT molecular complexity index is 1510. The van der Waals surface area contributed by atoms with Gasteiger partial charge in [-0.1, -0.05) is 6.07 Å². The summed E-state index contributed by atoms with van der Waals surface area (Å²) in [4.78, 5) is 52.5. The number of nitrogens with zero attached hydrogens (tertiary/aromatic N) is 3. The van der Waals surface area contributed by atoms with Crippen molar-refractivity contribution < 1.29 is 19.6 Å². The molecule has 11 heteroatoms. The number of pyridine rings is 2. The maximum atomic E-state index is 13.1. The molecular formula is C22H17N5O6. The fourth-order valence-electron chi connectivity index (χ4n) is 3.57. The number of urea groups is 1. The average molecular weight is 447 g/mol. The number of carbonyl (C=O) groups is 2. The molecule has 0 aliphatic heterocycles. The predicted molar refractivity (Wildman–Crippen MR) is 120 cm³/mol. The third-order valence-corrected chi connectivity index (χ3v) is 5.03. The molecule has 4 aromatic rings. The first-order valence-electron chi connectivity index (χ1n) is 9.80. The van der Waals surface area contributed by atoms with Crippen molar-refractivity contribution in [3.8, 4) is 5.75 Å². The third-order valence-electron chi connectivity index (χ3n) is 5.03. The van der Waals surface area contributed by atoms with Gasteiger partial charge in [0.15, 0.2) is 0 Å². The van der Waals surface area contributed by atoms with E-state index < -0.39 is 22.3 Å². The number of hydrogen-bond donors (Lipinski definition) is 3. The highest BCUT2D eigenvalue weighted by Crippen LogP contribution is 2.30. The van der Waals surface area contributed by atoms with Gasteiger partial charge in [-0.2, -0.15) is 0 Å². The molecule has 0 saturated carbocycles. The number of nitrogens with one attached hydrogen (secondary N) is 2. The third kappa shape index (κ3) is 3.94. The number of rotatable bonds is 4. The molecule has 2 heterocycles. The molecule has 2 aromatic carbocycles. The van der Waals surface area contributed by atoms with Gasteiger partial charge >= 0.3 is 6.03 Å². The van der Waals surface area contributed by atoms with Crippen LogP contribution < -0.4 is 16.1 Å². The predicted octanol–water partition coefficient (Wildman–Crippen LogP) is 3.15. The van der Waals surface area contributed by atoms with Crippen molar-refractivity contribution in [3.63, 3.8) is 0 Å². The summed E-state index contributed by atoms with van der Waals surface area (Å²) in [5, 5.41) is 26.2. The molecule has 3 amide bonds. The molecule has 3 N–H and O–H groups in total. The molecule has 0 atom stereocenters. The van der Waals surface area contributed by atoms with E-state index in [9.17, 15) is 29.6 Å². The van der Waals surface area contributed by atoms with Crippen LogP contribution in [-0.2, 0) is 6.54 Å². The zero-order chi connectivity index (χ0) is 23.7. The van der Waals surface area contributed by atoms with E-state index in [1.54, 1.807) is 16.7 Å². The van der Waals surface area contributed by atoms with E-state index in [0.29, 0.717) is 23.0 Å². The average Bonchev–Trinajstić information content (AvgIpc) is 2.80. The number of phenols is 1. The fraction of sp³-hybridized carbons (Fsp3) is 0.0909. The summed E-state index contributed by atoms with van der Waals surface area (Å²) >= 11 is 0. The molecule has 0 saturated heterocycles. The van der Waals surface area contributed by atoms with Gasteiger partial charge in [0.1, 0.15) is 16.8 Å². The SMILES string of the molecule is CCn1cc(C(=O)NC(=O)Nc2cccc([N+](=O)[O-])c2)c(=O)c2cc(O)c3ncccc3c21. The molecular weight excluding hydrogens is 430 g/mol. The van der Waals surface area contributed by atoms with Crippen LogP contribution in [0.15, 0.2) is 59.7 Å². The van der Waals surface area contributed by atoms with E-state index in [1.165, 1.54) is 36.7 Å². The number of non-ortho nitro benzene ring substituents is 1. The van der Waals surface area contributed by atoms with Gasteiger partial charge in [-0.05, 0) is 31.2 Å². The second kappa shape index (κ2) is 8.38. The summed E-state index contributed by atoms with van der Waals surface area (Å²) in [7, 11) is 0. The monoisotopic (exact) mass is 447 g/mol. The highest BCUT2D eigenvalue weighted by Gasteiger charge is 2.20. The number of nitro benzene ring substituents is 1. The molecule has 0 unspecified atom stereocenters. The fourth-order valence-corrected chi connectivity index (χ4v) is 3.57. The molecule has 4 rings (SSSR count). The number of aryl methyl sites for hydroxylation is 1. The lowest BCUT2D eigenvalue weighted by molar-refractivity contribution is -0.384. The van der Waals surface area contributed by atoms with Crippen LogP contribution in [0.5, 0.6) is 5.75 Å². The summed E-state index contributed by atoms with van der Waals surface area (Å²) in [6, 6.07) is 8.85. The summed E-state index contributed by atoms with van der Waals surface area (Å²) in [5.74, 6) is -1.17. The topological polar surface area (TPSA) is 156 Å². The minimum atomic E-state index is -0.964. The zero-order valence-electron chi connectivity index (χ0n) is 17.2. The minimum absolute atomic E-state index is 0.0987. The lowest BCUT2D eigenvalue weighted by Gasteiger charge is -2.14. The van der Waals surface area contributed by atoms with E-state index in [4.69, 9.17) is 0 Å². The minimum Gasteiger partial charge on any atom is -0.506 e. The Morgan fingerprint density at radius 3 is 2.70 bits per heavy atom. The number of aromatic nitrogens is 2. The first-order valence-corrected chi connectivity index (χ1v) is 9.80. The lowest BCUT2D eigenvalue weighted by Crippen LogP contribution is -2.37. The second-order valence-corrected chi connectivity index (χ2v) is 7.07. The number of carbonyl (C=O) groups excluding carboxylic acids is 2. The Hall–Kier alpha value is -4.80. The normalized spacial score (nSPS) is 10.8. The van der Waals surface area contributed by atoms with Crippen LogP contribution in [0.1, 0.15) is 17.3 Å². The van der Waals surface area contributed by atoms with Crippen molar-refractivity contribution in [2.75, 3.05) is 5.32 Å². The van der Waals surface area contributed by atoms with Gasteiger partial charge in [-0.3, -0.25) is 30.0 Å². The molecule has 2 aromatic heterocycles. The molecule has 0 radical (unpaired) electrons. The smallest absolute Gasteiger partial charge is 0.326 e. The van der Waals surface area contributed by atoms with Crippen molar-refractivity contribution >= 4 is 45.1 Å². The summed E-state index contributed by atoms with van der Waals surface area (Å²) in [5.41, 5.74) is -0.289. The van der Waals surface area contributed by atoms with Gasteiger partial charge in [0.25, 0.3) is 11.6 Å². The Labute approximate surface area is 185 Å². The number of fused-ring (bicyclic) bond motifs is 3. The van der Waals surface area contributed by atoms with E-state index >= 15 is 0 Å². The highest BCUT2D eigenvalue weighted by atomic mass is 16.6. The molecule has 0 bridgehead atoms. The van der Waals surface area contributed by atoms with Crippen molar-refractivity contribution in [2.24, 2.45) is 0 Å². The molecule has 166 valence electrons. The first-order chi connectivity index (χ1) is 15.8. The number of nitro groups is 1. The molecule has 0 spiro atoms. The maximum Gasteiger partial charge on any atom is 0.326 e. The van der Waals surface area contributed by atoms with E-state index in [2.05, 4.69) is 15.6 Å². The van der Waals surface area contributed by atoms with Gasteiger partial charge in [0.2, 0.25) is 5.43 Å². The molecule has 0 aliphatic rings. The standard InChI is InChI=1S/C22H17N5O6/c1-2-26-11-16(20(29)15-10-17(28)18-14(19(15)26)7-4-8-23-18)21(30)25-22(31)24-12-5-3-6-13(9-12)27(32)33/h3-11,28H,2H2,1H3,(H2,24,25,30,31). The van der Waals surface area contributed by atoms with Crippen LogP contribution >= 0.6 is 0 Å². The van der Waals surface area contributed by atoms with Crippen molar-refractivity contribution in [3.05, 3.63) is 80.8 Å². The van der Waals surface area contributed by atoms with Crippen LogP contribution in [0, 0.1) is 10.1 Å². The Kier molecular flexibility index (Phi) is 5.44. The number of amides is 3. The summed E-state index contributed by atoms with van der Waals surface area (Å²) in [6.45, 7) is 2.21. The zero-order valence-corrected chi connectivity index (χ0v) is 17.2. The number of hydrogen-bond acceptors (Lipinski definition) is 7. The first kappa shape index (κ1) is 21.4. The largest absolute Gasteiger partial charge is 0.506 e. The quantitative estimate of drug-likeness (QED) is 0.246. The summed E-state index contributed by atoms with van der Waals surface area (Å²) in [6.07, 6.45) is 2.86. The number of imide groups is 1. The summed E-state index contributed by atoms with van der Waals surface area (Å²) < 4.78 is 1.66. The van der Waals surface area contributed by atoms with Crippen LogP contribution in [0.25, 0.3) is 21.8 Å². The Balaban J connectivity index is 1.70. The van der Waals surface area contributed by atoms with Crippen LogP contribution in [0.3, 0.4) is 0 Å². The van der Waals surface area contributed by atoms with Crippen LogP contribution in [0.4, 0.5) is 16.2 Å². The van der Waals surface area contributed by atoms with Crippen molar-refractivity contribution in [1.82, 2.24) is 14.9 Å². The van der Waals surface area contributed by atoms with Crippen molar-refractivity contribution in [2.45, 2.75) is 13.5 Å². The van der Waals surface area contributed by atoms with Crippen LogP contribution in [0.2, 0.25) is 0 Å². The molecule has 0 aliphatic carbocycles. The molecule has 11 nitrogen and oxygen atoms in total. The Morgan fingerprint density at radius 1 is 1.18 bits per heavy atom. The molecule has 0 fully saturated rings. The van der Waals surface area contributed by atoms with Gasteiger partial charge < -0.3 is 15.0 Å². The van der Waals surface area contributed by atoms with Gasteiger partial charge in [-0.15, -0.1) is 0 Å². The maximum absolute atomic E-state index is 13.1. The van der Waals surface area contributed by atoms with E-state index in [0.717, 1.165) is 6.07 Å². The van der Waals surface area contributed by atoms with E-state index in [1.807, 2.05) is 6.92 Å². The highest BCUT2D eigenvalue weighted by molar-refractivity contribution is 6.11. The number of phenolic OH excluding ortho intramolecular Hbond substituents is 1. The van der Waals surface area contributed by atoms with E-state index in [-0.39, 0.29) is 28.1 Å². The van der Waals surface area contributed by atoms with Crippen molar-refractivity contribution in [1.29, 1.82) is 0 Å². The van der Waals surface area contributed by atoms with Gasteiger partial charge in [0.05, 0.1) is 15.8 Å². The lowest BCUT2D eigenvalue weighted by atomic mass is 10.1.